The summed E-state index contributed by atoms with van der Waals surface area (Å²) in [6, 6.07) is 5.90. The lowest BCUT2D eigenvalue weighted by atomic mass is 9.99. The van der Waals surface area contributed by atoms with Crippen LogP contribution in [0.5, 0.6) is 0 Å². The van der Waals surface area contributed by atoms with Gasteiger partial charge in [0.25, 0.3) is 0 Å². The summed E-state index contributed by atoms with van der Waals surface area (Å²) in [5, 5.41) is 7.33. The van der Waals surface area contributed by atoms with Crippen molar-refractivity contribution in [3.05, 3.63) is 23.2 Å². The molecule has 2 N–H and O–H groups in total. The Morgan fingerprint density at radius 1 is 1.53 bits per heavy atom. The third kappa shape index (κ3) is 2.77. The van der Waals surface area contributed by atoms with Gasteiger partial charge in [-0.3, -0.25) is 4.79 Å². The van der Waals surface area contributed by atoms with Gasteiger partial charge in [-0.2, -0.15) is 0 Å². The van der Waals surface area contributed by atoms with Crippen molar-refractivity contribution in [2.45, 2.75) is 19.8 Å². The molecule has 5 heteroatoms. The van der Waals surface area contributed by atoms with E-state index in [4.69, 9.17) is 0 Å². The van der Waals surface area contributed by atoms with Crippen LogP contribution in [0.15, 0.2) is 18.2 Å². The average molecular weight is 275 g/mol. The van der Waals surface area contributed by atoms with Gasteiger partial charge in [0.05, 0.1) is 21.1 Å². The van der Waals surface area contributed by atoms with E-state index in [1.807, 2.05) is 25.1 Å². The molecule has 0 spiro atoms. The fraction of sp³-hybridized carbons (Fsp3) is 0.429. The Balaban J connectivity index is 1.74. The van der Waals surface area contributed by atoms with Crippen molar-refractivity contribution in [3.8, 4) is 0 Å². The molecule has 1 saturated heterocycles. The van der Waals surface area contributed by atoms with Crippen LogP contribution in [0.1, 0.15) is 17.8 Å². The van der Waals surface area contributed by atoms with Gasteiger partial charge in [0.2, 0.25) is 5.91 Å². The summed E-state index contributed by atoms with van der Waals surface area (Å²) in [5.74, 6) is 0.209. The SMILES string of the molecule is Cc1nc2ccc(NC(=O)C3CCCNC3)cc2s1. The van der Waals surface area contributed by atoms with Gasteiger partial charge in [0.15, 0.2) is 0 Å². The fourth-order valence-corrected chi connectivity index (χ4v) is 3.30. The van der Waals surface area contributed by atoms with Crippen molar-refractivity contribution in [2.75, 3.05) is 18.4 Å². The second kappa shape index (κ2) is 5.27. The molecule has 0 bridgehead atoms. The van der Waals surface area contributed by atoms with Crippen LogP contribution in [-0.2, 0) is 4.79 Å². The molecule has 100 valence electrons. The van der Waals surface area contributed by atoms with E-state index in [0.29, 0.717) is 0 Å². The van der Waals surface area contributed by atoms with E-state index in [1.54, 1.807) is 11.3 Å². The van der Waals surface area contributed by atoms with Crippen LogP contribution in [0, 0.1) is 12.8 Å². The highest BCUT2D eigenvalue weighted by molar-refractivity contribution is 7.18. The van der Waals surface area contributed by atoms with Crippen LogP contribution in [0.3, 0.4) is 0 Å². The van der Waals surface area contributed by atoms with Crippen molar-refractivity contribution in [2.24, 2.45) is 5.92 Å². The number of aromatic nitrogens is 1. The van der Waals surface area contributed by atoms with Crippen LogP contribution in [0.2, 0.25) is 0 Å². The van der Waals surface area contributed by atoms with E-state index in [2.05, 4.69) is 15.6 Å². The van der Waals surface area contributed by atoms with E-state index in [0.717, 1.165) is 46.8 Å². The predicted octanol–water partition coefficient (Wildman–Crippen LogP) is 2.54. The number of fused-ring (bicyclic) bond motifs is 1. The van der Waals surface area contributed by atoms with Gasteiger partial charge in [-0.05, 0) is 44.5 Å². The molecule has 1 aromatic carbocycles. The third-order valence-electron chi connectivity index (χ3n) is 3.43. The topological polar surface area (TPSA) is 54.0 Å². The minimum absolute atomic E-state index is 0.0904. The first-order valence-corrected chi connectivity index (χ1v) is 7.43. The number of piperidine rings is 1. The van der Waals surface area contributed by atoms with Gasteiger partial charge < -0.3 is 10.6 Å². The smallest absolute Gasteiger partial charge is 0.228 e. The molecule has 0 radical (unpaired) electrons. The van der Waals surface area contributed by atoms with Crippen molar-refractivity contribution in [1.29, 1.82) is 0 Å². The van der Waals surface area contributed by atoms with Crippen LogP contribution in [0.4, 0.5) is 5.69 Å². The summed E-state index contributed by atoms with van der Waals surface area (Å²) in [5.41, 5.74) is 1.87. The highest BCUT2D eigenvalue weighted by Crippen LogP contribution is 2.25. The van der Waals surface area contributed by atoms with Crippen molar-refractivity contribution >= 4 is 33.1 Å². The normalized spacial score (nSPS) is 19.5. The number of nitrogens with zero attached hydrogens (tertiary/aromatic N) is 1. The Morgan fingerprint density at radius 3 is 3.21 bits per heavy atom. The van der Waals surface area contributed by atoms with E-state index in [-0.39, 0.29) is 11.8 Å². The van der Waals surface area contributed by atoms with E-state index >= 15 is 0 Å². The number of carbonyl (C=O) groups excluding carboxylic acids is 1. The second-order valence-electron chi connectivity index (χ2n) is 4.95. The number of thiazole rings is 1. The summed E-state index contributed by atoms with van der Waals surface area (Å²) >= 11 is 1.65. The van der Waals surface area contributed by atoms with Gasteiger partial charge in [-0.15, -0.1) is 11.3 Å². The Labute approximate surface area is 116 Å². The maximum absolute atomic E-state index is 12.1. The molecule has 1 aliphatic heterocycles. The highest BCUT2D eigenvalue weighted by Gasteiger charge is 2.20. The number of aryl methyl sites for hydroxylation is 1. The molecule has 1 aliphatic rings. The zero-order chi connectivity index (χ0) is 13.2. The molecule has 0 aliphatic carbocycles. The first-order valence-electron chi connectivity index (χ1n) is 6.61. The first-order chi connectivity index (χ1) is 9.22. The Hall–Kier alpha value is -1.46. The number of benzene rings is 1. The van der Waals surface area contributed by atoms with Gasteiger partial charge >= 0.3 is 0 Å². The minimum Gasteiger partial charge on any atom is -0.326 e. The summed E-state index contributed by atoms with van der Waals surface area (Å²) in [6.45, 7) is 3.81. The number of hydrogen-bond donors (Lipinski definition) is 2. The molecular weight excluding hydrogens is 258 g/mol. The molecular formula is C14H17N3OS. The van der Waals surface area contributed by atoms with Gasteiger partial charge in [-0.25, -0.2) is 4.98 Å². The lowest BCUT2D eigenvalue weighted by Crippen LogP contribution is -2.37. The zero-order valence-corrected chi connectivity index (χ0v) is 11.7. The van der Waals surface area contributed by atoms with Gasteiger partial charge in [0, 0.05) is 12.2 Å². The molecule has 2 aromatic rings. The summed E-state index contributed by atoms with van der Waals surface area (Å²) < 4.78 is 1.12. The molecule has 1 aromatic heterocycles. The lowest BCUT2D eigenvalue weighted by molar-refractivity contribution is -0.120. The third-order valence-corrected chi connectivity index (χ3v) is 4.36. The van der Waals surface area contributed by atoms with Crippen LogP contribution < -0.4 is 10.6 Å². The quantitative estimate of drug-likeness (QED) is 0.885. The zero-order valence-electron chi connectivity index (χ0n) is 10.9. The lowest BCUT2D eigenvalue weighted by Gasteiger charge is -2.21. The van der Waals surface area contributed by atoms with Gasteiger partial charge in [-0.1, -0.05) is 0 Å². The Bertz CT molecular complexity index is 602. The molecule has 4 nitrogen and oxygen atoms in total. The standard InChI is InChI=1S/C14H17N3OS/c1-9-16-12-5-4-11(7-13(12)19-9)17-14(18)10-3-2-6-15-8-10/h4-5,7,10,15H,2-3,6,8H2,1H3,(H,17,18). The van der Waals surface area contributed by atoms with Crippen molar-refractivity contribution < 1.29 is 4.79 Å². The molecule has 3 rings (SSSR count). The Kier molecular flexibility index (Phi) is 3.48. The average Bonchev–Trinajstić information content (AvgIpc) is 2.79. The van der Waals surface area contributed by atoms with Crippen LogP contribution in [0.25, 0.3) is 10.2 Å². The maximum atomic E-state index is 12.1. The number of carbonyl (C=O) groups is 1. The largest absolute Gasteiger partial charge is 0.326 e. The summed E-state index contributed by atoms with van der Waals surface area (Å²) in [6.07, 6.45) is 2.05. The number of amides is 1. The second-order valence-corrected chi connectivity index (χ2v) is 6.18. The van der Waals surface area contributed by atoms with E-state index < -0.39 is 0 Å². The number of anilines is 1. The molecule has 0 saturated carbocycles. The highest BCUT2D eigenvalue weighted by atomic mass is 32.1. The number of nitrogens with one attached hydrogen (secondary N) is 2. The minimum atomic E-state index is 0.0904. The van der Waals surface area contributed by atoms with Crippen LogP contribution in [-0.4, -0.2) is 24.0 Å². The van der Waals surface area contributed by atoms with E-state index in [9.17, 15) is 4.79 Å². The summed E-state index contributed by atoms with van der Waals surface area (Å²) in [7, 11) is 0. The molecule has 1 amide bonds. The molecule has 1 fully saturated rings. The van der Waals surface area contributed by atoms with Crippen molar-refractivity contribution in [1.82, 2.24) is 10.3 Å². The fourth-order valence-electron chi connectivity index (χ4n) is 2.44. The molecule has 2 heterocycles. The molecule has 19 heavy (non-hydrogen) atoms. The summed E-state index contributed by atoms with van der Waals surface area (Å²) in [4.78, 5) is 16.6. The molecule has 1 unspecified atom stereocenters. The van der Waals surface area contributed by atoms with Crippen molar-refractivity contribution in [3.63, 3.8) is 0 Å². The van der Waals surface area contributed by atoms with E-state index in [1.165, 1.54) is 0 Å². The predicted molar refractivity (Wildman–Crippen MR) is 78.6 cm³/mol. The Morgan fingerprint density at radius 2 is 2.42 bits per heavy atom. The number of hydrogen-bond acceptors (Lipinski definition) is 4. The maximum Gasteiger partial charge on any atom is 0.228 e. The molecule has 1 atom stereocenters. The first kappa shape index (κ1) is 12.6. The monoisotopic (exact) mass is 275 g/mol. The van der Waals surface area contributed by atoms with Crippen LogP contribution >= 0.6 is 11.3 Å². The number of rotatable bonds is 2. The van der Waals surface area contributed by atoms with Gasteiger partial charge in [0.1, 0.15) is 0 Å².